The van der Waals surface area contributed by atoms with E-state index in [0.717, 1.165) is 31.6 Å². The second kappa shape index (κ2) is 8.97. The molecule has 1 aliphatic heterocycles. The first kappa shape index (κ1) is 25.2. The van der Waals surface area contributed by atoms with Crippen molar-refractivity contribution in [2.24, 2.45) is 23.2 Å². The van der Waals surface area contributed by atoms with Crippen molar-refractivity contribution in [1.29, 1.82) is 0 Å². The SMILES string of the molecule is C[C@@H](O[C@H]1CC[C@@H]2CNC[C@H]2[C@@H]1C1(C)C=CC(F)=CC1)c1cc(C(F)(F)F)cc(C(F)(F)F)c1. The van der Waals surface area contributed by atoms with Gasteiger partial charge in [-0.3, -0.25) is 0 Å². The van der Waals surface area contributed by atoms with Gasteiger partial charge in [0, 0.05) is 0 Å². The van der Waals surface area contributed by atoms with E-state index in [1.807, 2.05) is 13.0 Å². The van der Waals surface area contributed by atoms with Crippen LogP contribution in [0, 0.1) is 23.2 Å². The van der Waals surface area contributed by atoms with E-state index in [9.17, 15) is 30.7 Å². The van der Waals surface area contributed by atoms with Gasteiger partial charge in [-0.25, -0.2) is 4.39 Å². The lowest BCUT2D eigenvalue weighted by Gasteiger charge is -2.49. The number of nitrogens with one attached hydrogen (secondary N) is 1. The summed E-state index contributed by atoms with van der Waals surface area (Å²) in [6.45, 7) is 5.12. The smallest absolute Gasteiger partial charge is 0.370 e. The average molecular weight is 491 g/mol. The lowest BCUT2D eigenvalue weighted by molar-refractivity contribution is -0.143. The number of fused-ring (bicyclic) bond motifs is 1. The molecule has 2 nitrogen and oxygen atoms in total. The average Bonchev–Trinajstić information content (AvgIpc) is 3.23. The van der Waals surface area contributed by atoms with E-state index < -0.39 is 35.0 Å². The van der Waals surface area contributed by atoms with E-state index >= 15 is 0 Å². The normalized spacial score (nSPS) is 32.9. The molecule has 1 saturated heterocycles. The second-order valence-corrected chi connectivity index (χ2v) is 9.97. The third-order valence-corrected chi connectivity index (χ3v) is 7.66. The standard InChI is InChI=1S/C25H28F7NO/c1-14(16-9-17(24(27,28)29)11-18(10-16)25(30,31)32)34-21-4-3-15-12-33-13-20(15)22(21)23(2)7-5-19(26)6-8-23/h5-7,9-11,14-15,20-22,33H,3-4,8,12-13H2,1-2H3/t14-,15-,20-,21+,22+,23?/m1/s1. The van der Waals surface area contributed by atoms with Crippen LogP contribution in [0.15, 0.2) is 42.3 Å². The molecule has 0 bridgehead atoms. The monoisotopic (exact) mass is 491 g/mol. The number of alkyl halides is 6. The number of rotatable bonds is 4. The van der Waals surface area contributed by atoms with Crippen molar-refractivity contribution in [2.45, 2.75) is 57.7 Å². The van der Waals surface area contributed by atoms with Crippen molar-refractivity contribution in [3.63, 3.8) is 0 Å². The molecule has 2 aliphatic carbocycles. The fourth-order valence-corrected chi connectivity index (χ4v) is 5.91. The maximum atomic E-state index is 13.7. The van der Waals surface area contributed by atoms with E-state index in [4.69, 9.17) is 4.74 Å². The van der Waals surface area contributed by atoms with Crippen molar-refractivity contribution in [1.82, 2.24) is 5.32 Å². The minimum Gasteiger partial charge on any atom is -0.370 e. The molecular formula is C25H28F7NO. The van der Waals surface area contributed by atoms with Gasteiger partial charge in [0.25, 0.3) is 0 Å². The molecule has 1 saturated carbocycles. The minimum absolute atomic E-state index is 0.0582. The summed E-state index contributed by atoms with van der Waals surface area (Å²) in [5, 5.41) is 3.39. The Hall–Kier alpha value is -1.87. The van der Waals surface area contributed by atoms with Crippen LogP contribution in [0.3, 0.4) is 0 Å². The molecule has 0 spiro atoms. The first-order chi connectivity index (χ1) is 15.8. The minimum atomic E-state index is -4.91. The molecule has 0 amide bonds. The van der Waals surface area contributed by atoms with E-state index in [-0.39, 0.29) is 35.4 Å². The number of hydrogen-bond donors (Lipinski definition) is 1. The van der Waals surface area contributed by atoms with Crippen molar-refractivity contribution in [3.8, 4) is 0 Å². The molecule has 1 unspecified atom stereocenters. The zero-order valence-corrected chi connectivity index (χ0v) is 18.9. The van der Waals surface area contributed by atoms with E-state index in [0.29, 0.717) is 18.8 Å². The van der Waals surface area contributed by atoms with E-state index in [2.05, 4.69) is 5.32 Å². The number of benzene rings is 1. The summed E-state index contributed by atoms with van der Waals surface area (Å²) in [7, 11) is 0. The lowest BCUT2D eigenvalue weighted by atomic mass is 9.59. The van der Waals surface area contributed by atoms with Crippen LogP contribution >= 0.6 is 0 Å². The Bertz CT molecular complexity index is 935. The highest BCUT2D eigenvalue weighted by atomic mass is 19.4. The van der Waals surface area contributed by atoms with Gasteiger partial charge in [0.1, 0.15) is 5.83 Å². The molecule has 1 N–H and O–H groups in total. The Morgan fingerprint density at radius 1 is 1.00 bits per heavy atom. The van der Waals surface area contributed by atoms with Gasteiger partial charge >= 0.3 is 12.4 Å². The number of hydrogen-bond acceptors (Lipinski definition) is 2. The third-order valence-electron chi connectivity index (χ3n) is 7.66. The Balaban J connectivity index is 1.65. The Morgan fingerprint density at radius 3 is 2.21 bits per heavy atom. The van der Waals surface area contributed by atoms with Gasteiger partial charge in [0.2, 0.25) is 0 Å². The molecule has 4 rings (SSSR count). The molecule has 9 heteroatoms. The molecule has 188 valence electrons. The van der Waals surface area contributed by atoms with Gasteiger partial charge in [-0.05, 0) is 98.4 Å². The predicted octanol–water partition coefficient (Wildman–Crippen LogP) is 7.24. The quantitative estimate of drug-likeness (QED) is 0.449. The summed E-state index contributed by atoms with van der Waals surface area (Å²) in [6, 6.07) is 1.60. The van der Waals surface area contributed by atoms with Crippen molar-refractivity contribution in [2.75, 3.05) is 13.1 Å². The molecule has 3 aliphatic rings. The highest BCUT2D eigenvalue weighted by Gasteiger charge is 2.50. The third kappa shape index (κ3) is 5.05. The van der Waals surface area contributed by atoms with Crippen LogP contribution in [-0.2, 0) is 17.1 Å². The molecule has 34 heavy (non-hydrogen) atoms. The highest BCUT2D eigenvalue weighted by Crippen LogP contribution is 2.52. The second-order valence-electron chi connectivity index (χ2n) is 9.97. The summed E-state index contributed by atoms with van der Waals surface area (Å²) in [6.07, 6.45) is -4.46. The molecule has 0 radical (unpaired) electrons. The fraction of sp³-hybridized carbons (Fsp3) is 0.600. The van der Waals surface area contributed by atoms with Gasteiger partial charge in [-0.2, -0.15) is 26.3 Å². The first-order valence-corrected chi connectivity index (χ1v) is 11.5. The summed E-state index contributed by atoms with van der Waals surface area (Å²) in [5.74, 6) is 0.259. The van der Waals surface area contributed by atoms with Crippen LogP contribution in [0.1, 0.15) is 55.9 Å². The molecular weight excluding hydrogens is 463 g/mol. The van der Waals surface area contributed by atoms with Crippen LogP contribution in [0.5, 0.6) is 0 Å². The topological polar surface area (TPSA) is 21.3 Å². The number of allylic oxidation sites excluding steroid dienone is 4. The molecule has 1 aromatic carbocycles. The molecule has 2 fully saturated rings. The highest BCUT2D eigenvalue weighted by molar-refractivity contribution is 5.35. The van der Waals surface area contributed by atoms with Crippen LogP contribution < -0.4 is 5.32 Å². The van der Waals surface area contributed by atoms with E-state index in [1.165, 1.54) is 19.1 Å². The largest absolute Gasteiger partial charge is 0.416 e. The lowest BCUT2D eigenvalue weighted by Crippen LogP contribution is -2.47. The fourth-order valence-electron chi connectivity index (χ4n) is 5.91. The van der Waals surface area contributed by atoms with E-state index in [1.54, 1.807) is 0 Å². The van der Waals surface area contributed by atoms with Crippen LogP contribution in [0.4, 0.5) is 30.7 Å². The Morgan fingerprint density at radius 2 is 1.65 bits per heavy atom. The first-order valence-electron chi connectivity index (χ1n) is 11.5. The van der Waals surface area contributed by atoms with Gasteiger partial charge in [0.15, 0.2) is 0 Å². The van der Waals surface area contributed by atoms with Gasteiger partial charge in [0.05, 0.1) is 23.3 Å². The molecule has 6 atom stereocenters. The van der Waals surface area contributed by atoms with Crippen molar-refractivity contribution >= 4 is 0 Å². The van der Waals surface area contributed by atoms with Crippen molar-refractivity contribution < 1.29 is 35.5 Å². The molecule has 1 aromatic rings. The van der Waals surface area contributed by atoms with Gasteiger partial charge in [-0.15, -0.1) is 0 Å². The predicted molar refractivity (Wildman–Crippen MR) is 113 cm³/mol. The maximum absolute atomic E-state index is 13.7. The summed E-state index contributed by atoms with van der Waals surface area (Å²) in [5.41, 5.74) is -3.30. The summed E-state index contributed by atoms with van der Waals surface area (Å²) in [4.78, 5) is 0. The molecule has 0 aromatic heterocycles. The molecule has 1 heterocycles. The summed E-state index contributed by atoms with van der Waals surface area (Å²) >= 11 is 0. The van der Waals surface area contributed by atoms with Crippen molar-refractivity contribution in [3.05, 3.63) is 58.9 Å². The number of ether oxygens (including phenoxy) is 1. The van der Waals surface area contributed by atoms with Gasteiger partial charge in [-0.1, -0.05) is 13.0 Å². The maximum Gasteiger partial charge on any atom is 0.416 e. The van der Waals surface area contributed by atoms with Crippen LogP contribution in [0.25, 0.3) is 0 Å². The zero-order chi connectivity index (χ0) is 24.9. The zero-order valence-electron chi connectivity index (χ0n) is 18.9. The summed E-state index contributed by atoms with van der Waals surface area (Å²) < 4.78 is 100.0. The Labute approximate surface area is 194 Å². The van der Waals surface area contributed by atoms with Gasteiger partial charge < -0.3 is 10.1 Å². The van der Waals surface area contributed by atoms with Crippen LogP contribution in [-0.4, -0.2) is 19.2 Å². The Kier molecular flexibility index (Phi) is 6.66. The van der Waals surface area contributed by atoms with Crippen LogP contribution in [0.2, 0.25) is 0 Å². The number of halogens is 7.